The standard InChI is InChI=1S/C18H31NOS/c1-5-7-16-8-10-17(11-9-16)18(19-12-6-2)13-21-15(4)14(3)20/h8-11,14-15,18-20H,5-7,12-13H2,1-4H3. The Morgan fingerprint density at radius 1 is 1.10 bits per heavy atom. The normalized spacial score (nSPS) is 15.7. The third-order valence-corrected chi connectivity index (χ3v) is 5.21. The van der Waals surface area contributed by atoms with Gasteiger partial charge in [0.15, 0.2) is 0 Å². The molecule has 0 fully saturated rings. The van der Waals surface area contributed by atoms with Crippen molar-refractivity contribution in [1.82, 2.24) is 5.32 Å². The molecular weight excluding hydrogens is 278 g/mol. The molecule has 2 nitrogen and oxygen atoms in total. The minimum atomic E-state index is -0.256. The number of hydrogen-bond acceptors (Lipinski definition) is 3. The number of aliphatic hydroxyl groups is 1. The van der Waals surface area contributed by atoms with Crippen LogP contribution in [0.15, 0.2) is 24.3 Å². The largest absolute Gasteiger partial charge is 0.392 e. The molecule has 1 aromatic carbocycles. The van der Waals surface area contributed by atoms with Gasteiger partial charge in [0.2, 0.25) is 0 Å². The lowest BCUT2D eigenvalue weighted by atomic mass is 10.0. The summed E-state index contributed by atoms with van der Waals surface area (Å²) in [5, 5.41) is 13.5. The summed E-state index contributed by atoms with van der Waals surface area (Å²) in [5.41, 5.74) is 2.77. The van der Waals surface area contributed by atoms with Crippen molar-refractivity contribution in [2.75, 3.05) is 12.3 Å². The van der Waals surface area contributed by atoms with E-state index in [0.29, 0.717) is 6.04 Å². The Morgan fingerprint density at radius 2 is 1.76 bits per heavy atom. The Hall–Kier alpha value is -0.510. The van der Waals surface area contributed by atoms with Gasteiger partial charge in [0.1, 0.15) is 0 Å². The summed E-state index contributed by atoms with van der Waals surface area (Å²) in [5.74, 6) is 0.999. The quantitative estimate of drug-likeness (QED) is 0.680. The van der Waals surface area contributed by atoms with E-state index in [1.165, 1.54) is 17.5 Å². The molecule has 0 aliphatic carbocycles. The lowest BCUT2D eigenvalue weighted by Crippen LogP contribution is -2.26. The van der Waals surface area contributed by atoms with E-state index < -0.39 is 0 Å². The third kappa shape index (κ3) is 6.86. The minimum Gasteiger partial charge on any atom is -0.392 e. The van der Waals surface area contributed by atoms with Gasteiger partial charge in [-0.1, -0.05) is 51.5 Å². The van der Waals surface area contributed by atoms with Crippen LogP contribution < -0.4 is 5.32 Å². The summed E-state index contributed by atoms with van der Waals surface area (Å²) >= 11 is 1.84. The molecule has 120 valence electrons. The summed E-state index contributed by atoms with van der Waals surface area (Å²) in [6.45, 7) is 9.40. The Bertz CT molecular complexity index is 377. The van der Waals surface area contributed by atoms with Gasteiger partial charge < -0.3 is 10.4 Å². The van der Waals surface area contributed by atoms with E-state index in [9.17, 15) is 5.11 Å². The van der Waals surface area contributed by atoms with E-state index in [4.69, 9.17) is 0 Å². The van der Waals surface area contributed by atoms with Crippen molar-refractivity contribution in [3.63, 3.8) is 0 Å². The fraction of sp³-hybridized carbons (Fsp3) is 0.667. The maximum absolute atomic E-state index is 9.63. The van der Waals surface area contributed by atoms with Crippen molar-refractivity contribution >= 4 is 11.8 Å². The van der Waals surface area contributed by atoms with Gasteiger partial charge in [-0.25, -0.2) is 0 Å². The molecule has 0 saturated carbocycles. The van der Waals surface area contributed by atoms with Crippen LogP contribution in [0, 0.1) is 0 Å². The predicted molar refractivity (Wildman–Crippen MR) is 95.1 cm³/mol. The maximum Gasteiger partial charge on any atom is 0.0628 e. The van der Waals surface area contributed by atoms with Crippen LogP contribution in [0.2, 0.25) is 0 Å². The van der Waals surface area contributed by atoms with Crippen LogP contribution in [0.1, 0.15) is 57.7 Å². The summed E-state index contributed by atoms with van der Waals surface area (Å²) < 4.78 is 0. The van der Waals surface area contributed by atoms with E-state index >= 15 is 0 Å². The molecule has 0 aromatic heterocycles. The average Bonchev–Trinajstić information content (AvgIpc) is 2.48. The Labute approximate surface area is 134 Å². The first-order chi connectivity index (χ1) is 10.1. The highest BCUT2D eigenvalue weighted by Gasteiger charge is 2.15. The van der Waals surface area contributed by atoms with E-state index in [1.54, 1.807) is 0 Å². The van der Waals surface area contributed by atoms with Gasteiger partial charge >= 0.3 is 0 Å². The van der Waals surface area contributed by atoms with Gasteiger partial charge in [0.05, 0.1) is 6.10 Å². The molecule has 1 rings (SSSR count). The molecule has 0 amide bonds. The number of benzene rings is 1. The van der Waals surface area contributed by atoms with Crippen LogP contribution in [-0.2, 0) is 6.42 Å². The average molecular weight is 310 g/mol. The highest BCUT2D eigenvalue weighted by Crippen LogP contribution is 2.23. The Kier molecular flexibility index (Phi) is 9.05. The summed E-state index contributed by atoms with van der Waals surface area (Å²) in [6, 6.07) is 9.38. The van der Waals surface area contributed by atoms with Gasteiger partial charge in [-0.15, -0.1) is 0 Å². The molecular formula is C18H31NOS. The molecule has 0 heterocycles. The molecule has 1 aromatic rings. The molecule has 0 bridgehead atoms. The lowest BCUT2D eigenvalue weighted by molar-refractivity contribution is 0.196. The van der Waals surface area contributed by atoms with Gasteiger partial charge in [0.25, 0.3) is 0 Å². The highest BCUT2D eigenvalue weighted by molar-refractivity contribution is 7.99. The van der Waals surface area contributed by atoms with E-state index in [1.807, 2.05) is 18.7 Å². The van der Waals surface area contributed by atoms with Crippen molar-refractivity contribution < 1.29 is 5.11 Å². The molecule has 0 aliphatic heterocycles. The maximum atomic E-state index is 9.63. The number of rotatable bonds is 10. The van der Waals surface area contributed by atoms with E-state index in [0.717, 1.165) is 25.1 Å². The van der Waals surface area contributed by atoms with Crippen LogP contribution >= 0.6 is 11.8 Å². The number of aryl methyl sites for hydroxylation is 1. The SMILES string of the molecule is CCCNC(CSC(C)C(C)O)c1ccc(CCC)cc1. The second kappa shape index (κ2) is 10.3. The first kappa shape index (κ1) is 18.5. The molecule has 0 radical (unpaired) electrons. The first-order valence-electron chi connectivity index (χ1n) is 8.20. The fourth-order valence-corrected chi connectivity index (χ4v) is 3.27. The number of nitrogens with one attached hydrogen (secondary N) is 1. The molecule has 3 atom stereocenters. The molecule has 0 spiro atoms. The van der Waals surface area contributed by atoms with Gasteiger partial charge in [0, 0.05) is 17.0 Å². The molecule has 0 saturated heterocycles. The molecule has 3 unspecified atom stereocenters. The number of thioether (sulfide) groups is 1. The zero-order chi connectivity index (χ0) is 15.7. The summed E-state index contributed by atoms with van der Waals surface area (Å²) in [7, 11) is 0. The smallest absolute Gasteiger partial charge is 0.0628 e. The van der Waals surface area contributed by atoms with Crippen LogP contribution in [0.5, 0.6) is 0 Å². The summed E-state index contributed by atoms with van der Waals surface area (Å²) in [4.78, 5) is 0. The molecule has 0 aliphatic rings. The third-order valence-electron chi connectivity index (χ3n) is 3.77. The number of hydrogen-bond donors (Lipinski definition) is 2. The van der Waals surface area contributed by atoms with Crippen LogP contribution in [0.4, 0.5) is 0 Å². The van der Waals surface area contributed by atoms with E-state index in [-0.39, 0.29) is 11.4 Å². The van der Waals surface area contributed by atoms with Crippen LogP contribution in [-0.4, -0.2) is 28.8 Å². The predicted octanol–water partition coefficient (Wildman–Crippen LogP) is 4.18. The molecule has 3 heteroatoms. The second-order valence-electron chi connectivity index (χ2n) is 5.78. The van der Waals surface area contributed by atoms with Crippen molar-refractivity contribution in [2.24, 2.45) is 0 Å². The molecule has 21 heavy (non-hydrogen) atoms. The Morgan fingerprint density at radius 3 is 2.29 bits per heavy atom. The van der Waals surface area contributed by atoms with Gasteiger partial charge in [-0.05, 0) is 37.4 Å². The molecule has 2 N–H and O–H groups in total. The van der Waals surface area contributed by atoms with Gasteiger partial charge in [-0.3, -0.25) is 0 Å². The number of aliphatic hydroxyl groups excluding tert-OH is 1. The van der Waals surface area contributed by atoms with Gasteiger partial charge in [-0.2, -0.15) is 11.8 Å². The van der Waals surface area contributed by atoms with Crippen molar-refractivity contribution in [3.05, 3.63) is 35.4 Å². The summed E-state index contributed by atoms with van der Waals surface area (Å²) in [6.07, 6.45) is 3.23. The topological polar surface area (TPSA) is 32.3 Å². The fourth-order valence-electron chi connectivity index (χ4n) is 2.18. The second-order valence-corrected chi connectivity index (χ2v) is 7.19. The van der Waals surface area contributed by atoms with Crippen molar-refractivity contribution in [1.29, 1.82) is 0 Å². The van der Waals surface area contributed by atoms with Crippen molar-refractivity contribution in [3.8, 4) is 0 Å². The van der Waals surface area contributed by atoms with Crippen molar-refractivity contribution in [2.45, 2.75) is 64.4 Å². The monoisotopic (exact) mass is 309 g/mol. The lowest BCUT2D eigenvalue weighted by Gasteiger charge is -2.22. The zero-order valence-electron chi connectivity index (χ0n) is 13.9. The minimum absolute atomic E-state index is 0.256. The zero-order valence-corrected chi connectivity index (χ0v) is 14.7. The van der Waals surface area contributed by atoms with E-state index in [2.05, 4.69) is 50.4 Å². The van der Waals surface area contributed by atoms with Crippen LogP contribution in [0.3, 0.4) is 0 Å². The Balaban J connectivity index is 2.67. The van der Waals surface area contributed by atoms with Crippen LogP contribution in [0.25, 0.3) is 0 Å². The first-order valence-corrected chi connectivity index (χ1v) is 9.25. The highest BCUT2D eigenvalue weighted by atomic mass is 32.2.